The highest BCUT2D eigenvalue weighted by atomic mass is 32.1. The molecule has 1 N–H and O–H groups in total. The maximum atomic E-state index is 12.3. The maximum Gasteiger partial charge on any atom is 0.272 e. The van der Waals surface area contributed by atoms with E-state index in [9.17, 15) is 4.79 Å². The van der Waals surface area contributed by atoms with Gasteiger partial charge in [-0.2, -0.15) is 9.47 Å². The molecule has 1 fully saturated rings. The molecule has 3 rings (SSSR count). The molecule has 3 heterocycles. The molecule has 1 aliphatic rings. The van der Waals surface area contributed by atoms with Gasteiger partial charge in [-0.15, -0.1) is 0 Å². The van der Waals surface area contributed by atoms with Crippen LogP contribution in [0.5, 0.6) is 0 Å². The molecular formula is C16H24N6OS. The minimum atomic E-state index is -0.0878. The molecule has 8 heteroatoms. The van der Waals surface area contributed by atoms with Gasteiger partial charge in [0.1, 0.15) is 11.5 Å². The van der Waals surface area contributed by atoms with E-state index in [4.69, 9.17) is 0 Å². The second kappa shape index (κ2) is 6.88. The fourth-order valence-electron chi connectivity index (χ4n) is 2.74. The van der Waals surface area contributed by atoms with Crippen molar-refractivity contribution in [2.75, 3.05) is 18.0 Å². The number of nitrogens with zero attached hydrogens (tertiary/aromatic N) is 5. The van der Waals surface area contributed by atoms with Crippen LogP contribution in [0, 0.1) is 6.92 Å². The summed E-state index contributed by atoms with van der Waals surface area (Å²) in [6, 6.07) is 2.01. The van der Waals surface area contributed by atoms with E-state index in [0.29, 0.717) is 11.6 Å². The van der Waals surface area contributed by atoms with E-state index in [0.717, 1.165) is 42.6 Å². The molecular weight excluding hydrogens is 324 g/mol. The van der Waals surface area contributed by atoms with Gasteiger partial charge in [0.2, 0.25) is 5.13 Å². The number of rotatable bonds is 4. The first kappa shape index (κ1) is 16.9. The number of carbonyl (C=O) groups excluding carboxylic acids is 1. The molecule has 0 radical (unpaired) electrons. The van der Waals surface area contributed by atoms with Crippen LogP contribution in [0.25, 0.3) is 0 Å². The number of hydrogen-bond acceptors (Lipinski definition) is 6. The van der Waals surface area contributed by atoms with Crippen LogP contribution in [0.4, 0.5) is 5.13 Å². The Balaban J connectivity index is 1.54. The van der Waals surface area contributed by atoms with Crippen LogP contribution in [-0.2, 0) is 7.05 Å². The molecule has 0 aliphatic carbocycles. The Morgan fingerprint density at radius 3 is 2.62 bits per heavy atom. The minimum absolute atomic E-state index is 0.0878. The Kier molecular flexibility index (Phi) is 4.84. The van der Waals surface area contributed by atoms with E-state index in [1.54, 1.807) is 4.68 Å². The van der Waals surface area contributed by atoms with Crippen molar-refractivity contribution in [2.45, 2.75) is 45.6 Å². The molecule has 0 bridgehead atoms. The van der Waals surface area contributed by atoms with E-state index in [1.807, 2.05) is 20.0 Å². The van der Waals surface area contributed by atoms with Gasteiger partial charge in [0.15, 0.2) is 0 Å². The molecule has 24 heavy (non-hydrogen) atoms. The van der Waals surface area contributed by atoms with Crippen LogP contribution in [0.15, 0.2) is 6.07 Å². The summed E-state index contributed by atoms with van der Waals surface area (Å²) in [6.45, 7) is 7.92. The van der Waals surface area contributed by atoms with Gasteiger partial charge in [0, 0.05) is 49.3 Å². The zero-order valence-electron chi connectivity index (χ0n) is 14.6. The van der Waals surface area contributed by atoms with Gasteiger partial charge in [0.05, 0.1) is 0 Å². The lowest BCUT2D eigenvalue weighted by atomic mass is 10.1. The number of piperidine rings is 1. The fourth-order valence-corrected chi connectivity index (χ4v) is 3.59. The summed E-state index contributed by atoms with van der Waals surface area (Å²) < 4.78 is 6.14. The highest BCUT2D eigenvalue weighted by Crippen LogP contribution is 2.24. The van der Waals surface area contributed by atoms with Crippen molar-refractivity contribution < 1.29 is 4.79 Å². The van der Waals surface area contributed by atoms with Crippen LogP contribution in [-0.4, -0.2) is 44.2 Å². The smallest absolute Gasteiger partial charge is 0.272 e. The summed E-state index contributed by atoms with van der Waals surface area (Å²) in [5.74, 6) is 1.18. The zero-order valence-corrected chi connectivity index (χ0v) is 15.4. The summed E-state index contributed by atoms with van der Waals surface area (Å²) in [5.41, 5.74) is 1.47. The Hall–Kier alpha value is -1.96. The van der Waals surface area contributed by atoms with Gasteiger partial charge >= 0.3 is 0 Å². The average Bonchev–Trinajstić information content (AvgIpc) is 3.16. The fraction of sp³-hybridized carbons (Fsp3) is 0.625. The van der Waals surface area contributed by atoms with Gasteiger partial charge < -0.3 is 10.2 Å². The predicted molar refractivity (Wildman–Crippen MR) is 94.6 cm³/mol. The Labute approximate surface area is 146 Å². The van der Waals surface area contributed by atoms with Crippen molar-refractivity contribution in [1.82, 2.24) is 24.5 Å². The van der Waals surface area contributed by atoms with E-state index in [1.165, 1.54) is 11.5 Å². The topological polar surface area (TPSA) is 75.9 Å². The number of nitrogens with one attached hydrogen (secondary N) is 1. The van der Waals surface area contributed by atoms with Crippen molar-refractivity contribution in [3.63, 3.8) is 0 Å². The molecule has 1 amide bonds. The van der Waals surface area contributed by atoms with Crippen LogP contribution >= 0.6 is 11.5 Å². The number of anilines is 1. The zero-order chi connectivity index (χ0) is 17.3. The molecule has 0 unspecified atom stereocenters. The Morgan fingerprint density at radius 2 is 2.08 bits per heavy atom. The minimum Gasteiger partial charge on any atom is -0.348 e. The summed E-state index contributed by atoms with van der Waals surface area (Å²) >= 11 is 1.47. The van der Waals surface area contributed by atoms with Crippen molar-refractivity contribution >= 4 is 22.6 Å². The highest BCUT2D eigenvalue weighted by molar-refractivity contribution is 7.09. The van der Waals surface area contributed by atoms with Crippen LogP contribution < -0.4 is 10.2 Å². The largest absolute Gasteiger partial charge is 0.348 e. The Bertz CT molecular complexity index is 694. The van der Waals surface area contributed by atoms with Crippen molar-refractivity contribution in [3.8, 4) is 0 Å². The van der Waals surface area contributed by atoms with Gasteiger partial charge in [-0.05, 0) is 25.8 Å². The monoisotopic (exact) mass is 348 g/mol. The first-order chi connectivity index (χ1) is 11.4. The second-order valence-electron chi connectivity index (χ2n) is 6.62. The first-order valence-corrected chi connectivity index (χ1v) is 9.11. The molecule has 1 aliphatic heterocycles. The number of aromatic nitrogens is 4. The lowest BCUT2D eigenvalue weighted by Crippen LogP contribution is -2.44. The summed E-state index contributed by atoms with van der Waals surface area (Å²) in [7, 11) is 1.85. The van der Waals surface area contributed by atoms with Crippen molar-refractivity contribution in [1.29, 1.82) is 0 Å². The van der Waals surface area contributed by atoms with E-state index in [-0.39, 0.29) is 11.9 Å². The van der Waals surface area contributed by atoms with Crippen molar-refractivity contribution in [3.05, 3.63) is 23.3 Å². The van der Waals surface area contributed by atoms with Crippen LogP contribution in [0.1, 0.15) is 54.6 Å². The molecule has 1 saturated heterocycles. The predicted octanol–water partition coefficient (Wildman–Crippen LogP) is 2.10. The number of hydrogen-bond donors (Lipinski definition) is 1. The third-order valence-electron chi connectivity index (χ3n) is 4.39. The molecule has 0 saturated carbocycles. The second-order valence-corrected chi connectivity index (χ2v) is 7.35. The molecule has 2 aromatic heterocycles. The van der Waals surface area contributed by atoms with Gasteiger partial charge in [-0.1, -0.05) is 13.8 Å². The van der Waals surface area contributed by atoms with E-state index in [2.05, 4.69) is 38.5 Å². The lowest BCUT2D eigenvalue weighted by Gasteiger charge is -2.31. The third-order valence-corrected chi connectivity index (χ3v) is 5.19. The van der Waals surface area contributed by atoms with Gasteiger partial charge in [-0.3, -0.25) is 9.48 Å². The number of aryl methyl sites for hydroxylation is 2. The molecule has 2 aromatic rings. The maximum absolute atomic E-state index is 12.3. The third kappa shape index (κ3) is 3.58. The first-order valence-electron chi connectivity index (χ1n) is 8.34. The van der Waals surface area contributed by atoms with Crippen LogP contribution in [0.3, 0.4) is 0 Å². The van der Waals surface area contributed by atoms with E-state index >= 15 is 0 Å². The molecule has 130 valence electrons. The summed E-state index contributed by atoms with van der Waals surface area (Å²) in [6.07, 6.45) is 1.82. The average molecular weight is 348 g/mol. The van der Waals surface area contributed by atoms with Gasteiger partial charge in [-0.25, -0.2) is 4.98 Å². The van der Waals surface area contributed by atoms with E-state index < -0.39 is 0 Å². The number of carbonyl (C=O) groups is 1. The van der Waals surface area contributed by atoms with Gasteiger partial charge in [0.25, 0.3) is 5.91 Å². The molecule has 0 aromatic carbocycles. The molecule has 0 atom stereocenters. The van der Waals surface area contributed by atoms with Crippen LogP contribution in [0.2, 0.25) is 0 Å². The quantitative estimate of drug-likeness (QED) is 0.916. The van der Waals surface area contributed by atoms with Crippen molar-refractivity contribution in [2.24, 2.45) is 7.05 Å². The number of amides is 1. The molecule has 0 spiro atoms. The normalized spacial score (nSPS) is 16.0. The Morgan fingerprint density at radius 1 is 1.38 bits per heavy atom. The SMILES string of the molecule is Cc1cc(C(=O)NC2CCN(c3nc(C(C)C)ns3)CC2)nn1C. The molecule has 7 nitrogen and oxygen atoms in total. The summed E-state index contributed by atoms with van der Waals surface area (Å²) in [4.78, 5) is 19.2. The lowest BCUT2D eigenvalue weighted by molar-refractivity contribution is 0.0925. The highest BCUT2D eigenvalue weighted by Gasteiger charge is 2.24. The summed E-state index contributed by atoms with van der Waals surface area (Å²) in [5, 5.41) is 8.32. The standard InChI is InChI=1S/C16H24N6OS/c1-10(2)14-18-16(24-20-14)22-7-5-12(6-8-22)17-15(23)13-9-11(3)21(4)19-13/h9-10,12H,5-8H2,1-4H3,(H,17,23).